The van der Waals surface area contributed by atoms with E-state index < -0.39 is 6.10 Å². The zero-order chi connectivity index (χ0) is 20.4. The Hall–Kier alpha value is -2.28. The molecule has 2 aliphatic rings. The largest absolute Gasteiger partial charge is 0.391 e. The van der Waals surface area contributed by atoms with Gasteiger partial charge in [0.25, 0.3) is 5.56 Å². The van der Waals surface area contributed by atoms with E-state index in [0.717, 1.165) is 18.4 Å². The highest BCUT2D eigenvalue weighted by molar-refractivity contribution is 6.32. The summed E-state index contributed by atoms with van der Waals surface area (Å²) < 4.78 is 1.32. The van der Waals surface area contributed by atoms with E-state index in [0.29, 0.717) is 34.8 Å². The van der Waals surface area contributed by atoms with Gasteiger partial charge in [0, 0.05) is 17.5 Å². The average Bonchev–Trinajstić information content (AvgIpc) is 3.11. The molecule has 0 saturated carbocycles. The lowest BCUT2D eigenvalue weighted by Crippen LogP contribution is -2.34. The molecule has 1 saturated heterocycles. The topological polar surface area (TPSA) is 84.2 Å². The van der Waals surface area contributed by atoms with Crippen molar-refractivity contribution in [3.05, 3.63) is 63.7 Å². The van der Waals surface area contributed by atoms with Crippen LogP contribution in [0, 0.1) is 5.92 Å². The summed E-state index contributed by atoms with van der Waals surface area (Å²) in [6.07, 6.45) is 11.9. The number of aliphatic hydroxyl groups is 1. The number of rotatable bonds is 6. The Kier molecular flexibility index (Phi) is 5.94. The van der Waals surface area contributed by atoms with E-state index in [1.54, 1.807) is 6.07 Å². The van der Waals surface area contributed by atoms with Crippen LogP contribution in [0.5, 0.6) is 0 Å². The number of aliphatic hydroxyl groups excluding tert-OH is 1. The molecule has 2 N–H and O–H groups in total. The maximum absolute atomic E-state index is 12.8. The minimum atomic E-state index is -0.517. The van der Waals surface area contributed by atoms with Crippen molar-refractivity contribution in [2.75, 3.05) is 6.54 Å². The van der Waals surface area contributed by atoms with E-state index in [4.69, 9.17) is 11.6 Å². The first-order valence-corrected chi connectivity index (χ1v) is 10.3. The van der Waals surface area contributed by atoms with Gasteiger partial charge < -0.3 is 10.4 Å². The van der Waals surface area contributed by atoms with Crippen LogP contribution in [0.1, 0.15) is 24.8 Å². The maximum atomic E-state index is 12.8. The number of nitrogens with one attached hydrogen (secondary N) is 1. The minimum Gasteiger partial charge on any atom is -0.391 e. The molecule has 2 heterocycles. The Morgan fingerprint density at radius 2 is 2.21 bits per heavy atom. The highest BCUT2D eigenvalue weighted by Crippen LogP contribution is 2.26. The SMILES string of the molecule is O=C(C[C@@H]1NCCC1O)Cn1cnc2cc(CC3C=CC=CC3)c(Cl)cc2c1=O. The summed E-state index contributed by atoms with van der Waals surface area (Å²) in [5.74, 6) is 0.263. The predicted octanol–water partition coefficient (Wildman–Crippen LogP) is 2.41. The second-order valence-electron chi connectivity index (χ2n) is 7.81. The lowest BCUT2D eigenvalue weighted by molar-refractivity contribution is -0.120. The summed E-state index contributed by atoms with van der Waals surface area (Å²) >= 11 is 6.46. The van der Waals surface area contributed by atoms with E-state index >= 15 is 0 Å². The summed E-state index contributed by atoms with van der Waals surface area (Å²) in [6.45, 7) is 0.635. The van der Waals surface area contributed by atoms with Crippen molar-refractivity contribution < 1.29 is 9.90 Å². The molecule has 152 valence electrons. The molecule has 1 aliphatic heterocycles. The number of carbonyl (C=O) groups is 1. The number of hydrogen-bond donors (Lipinski definition) is 2. The molecular formula is C22H24ClN3O3. The molecule has 1 aromatic carbocycles. The van der Waals surface area contributed by atoms with Gasteiger partial charge in [0.2, 0.25) is 0 Å². The van der Waals surface area contributed by atoms with Crippen molar-refractivity contribution in [2.45, 2.75) is 44.4 Å². The number of halogens is 1. The molecule has 1 aliphatic carbocycles. The van der Waals surface area contributed by atoms with Gasteiger partial charge in [-0.05, 0) is 49.4 Å². The molecule has 1 aromatic heterocycles. The lowest BCUT2D eigenvalue weighted by Gasteiger charge is -2.15. The van der Waals surface area contributed by atoms with Crippen LogP contribution in [0.2, 0.25) is 5.02 Å². The number of Topliss-reactive ketones (excluding diaryl/α,β-unsaturated/α-hetero) is 1. The van der Waals surface area contributed by atoms with Crippen molar-refractivity contribution in [2.24, 2.45) is 5.92 Å². The monoisotopic (exact) mass is 413 g/mol. The van der Waals surface area contributed by atoms with Gasteiger partial charge in [-0.1, -0.05) is 35.9 Å². The molecule has 1 fully saturated rings. The van der Waals surface area contributed by atoms with Gasteiger partial charge in [0.1, 0.15) is 0 Å². The Morgan fingerprint density at radius 1 is 1.34 bits per heavy atom. The van der Waals surface area contributed by atoms with Gasteiger partial charge >= 0.3 is 0 Å². The Bertz CT molecular complexity index is 1040. The molecule has 0 amide bonds. The number of allylic oxidation sites excluding steroid dienone is 4. The number of ketones is 1. The fourth-order valence-corrected chi connectivity index (χ4v) is 4.26. The molecule has 29 heavy (non-hydrogen) atoms. The first kappa shape index (κ1) is 20.0. The van der Waals surface area contributed by atoms with Crippen LogP contribution in [0.3, 0.4) is 0 Å². The number of carbonyl (C=O) groups excluding carboxylic acids is 1. The molecule has 4 rings (SSSR count). The first-order valence-electron chi connectivity index (χ1n) is 9.95. The summed E-state index contributed by atoms with van der Waals surface area (Å²) in [5, 5.41) is 13.9. The Labute approximate surface area is 173 Å². The number of nitrogens with zero attached hydrogens (tertiary/aromatic N) is 2. The van der Waals surface area contributed by atoms with Crippen LogP contribution >= 0.6 is 11.6 Å². The average molecular weight is 414 g/mol. The summed E-state index contributed by atoms with van der Waals surface area (Å²) in [7, 11) is 0. The lowest BCUT2D eigenvalue weighted by atomic mass is 9.93. The quantitative estimate of drug-likeness (QED) is 0.759. The van der Waals surface area contributed by atoms with Gasteiger partial charge in [-0.2, -0.15) is 0 Å². The standard InChI is InChI=1S/C22H24ClN3O3/c23-18-11-17-19(9-15(18)8-14-4-2-1-3-5-14)25-13-26(22(17)29)12-16(27)10-20-21(28)6-7-24-20/h1-4,9,11,13-14,20-21,24,28H,5-8,10,12H2/t14?,20-,21?/m0/s1. The third-order valence-corrected chi connectivity index (χ3v) is 6.00. The Balaban J connectivity index is 1.53. The minimum absolute atomic E-state index is 0.0642. The second-order valence-corrected chi connectivity index (χ2v) is 8.22. The van der Waals surface area contributed by atoms with Gasteiger partial charge in [-0.15, -0.1) is 0 Å². The van der Waals surface area contributed by atoms with E-state index in [1.807, 2.05) is 18.2 Å². The normalized spacial score (nSPS) is 23.7. The first-order chi connectivity index (χ1) is 14.0. The molecule has 0 spiro atoms. The van der Waals surface area contributed by atoms with Gasteiger partial charge in [-0.25, -0.2) is 4.98 Å². The van der Waals surface area contributed by atoms with Crippen LogP contribution in [0.4, 0.5) is 0 Å². The third kappa shape index (κ3) is 4.50. The summed E-state index contributed by atoms with van der Waals surface area (Å²) in [6, 6.07) is 3.29. The van der Waals surface area contributed by atoms with E-state index in [2.05, 4.69) is 22.5 Å². The van der Waals surface area contributed by atoms with Crippen molar-refractivity contribution in [3.8, 4) is 0 Å². The molecule has 0 bridgehead atoms. The fraction of sp³-hybridized carbons (Fsp3) is 0.409. The molecule has 2 aromatic rings. The van der Waals surface area contributed by atoms with Gasteiger partial charge in [-0.3, -0.25) is 14.2 Å². The van der Waals surface area contributed by atoms with Gasteiger partial charge in [0.05, 0.1) is 29.9 Å². The Morgan fingerprint density at radius 3 is 2.93 bits per heavy atom. The fourth-order valence-electron chi connectivity index (χ4n) is 4.02. The van der Waals surface area contributed by atoms with Crippen LogP contribution in [0.25, 0.3) is 10.9 Å². The number of hydrogen-bond acceptors (Lipinski definition) is 5. The zero-order valence-corrected chi connectivity index (χ0v) is 16.8. The highest BCUT2D eigenvalue weighted by atomic mass is 35.5. The van der Waals surface area contributed by atoms with Crippen molar-refractivity contribution in [1.29, 1.82) is 0 Å². The summed E-state index contributed by atoms with van der Waals surface area (Å²) in [5.41, 5.74) is 1.27. The number of fused-ring (bicyclic) bond motifs is 1. The molecular weight excluding hydrogens is 390 g/mol. The van der Waals surface area contributed by atoms with Crippen LogP contribution in [0.15, 0.2) is 47.6 Å². The van der Waals surface area contributed by atoms with E-state index in [1.165, 1.54) is 10.9 Å². The van der Waals surface area contributed by atoms with Crippen molar-refractivity contribution in [3.63, 3.8) is 0 Å². The molecule has 0 radical (unpaired) electrons. The van der Waals surface area contributed by atoms with E-state index in [-0.39, 0.29) is 30.3 Å². The second kappa shape index (κ2) is 8.61. The molecule has 2 unspecified atom stereocenters. The highest BCUT2D eigenvalue weighted by Gasteiger charge is 2.26. The van der Waals surface area contributed by atoms with Crippen LogP contribution in [-0.4, -0.2) is 39.1 Å². The van der Waals surface area contributed by atoms with Crippen molar-refractivity contribution >= 4 is 28.3 Å². The van der Waals surface area contributed by atoms with Crippen molar-refractivity contribution in [1.82, 2.24) is 14.9 Å². The third-order valence-electron chi connectivity index (χ3n) is 5.65. The van der Waals surface area contributed by atoms with Gasteiger partial charge in [0.15, 0.2) is 5.78 Å². The van der Waals surface area contributed by atoms with Crippen LogP contribution in [-0.2, 0) is 17.8 Å². The number of benzene rings is 1. The predicted molar refractivity (Wildman–Crippen MR) is 113 cm³/mol. The maximum Gasteiger partial charge on any atom is 0.261 e. The summed E-state index contributed by atoms with van der Waals surface area (Å²) in [4.78, 5) is 29.6. The smallest absolute Gasteiger partial charge is 0.261 e. The molecule has 7 heteroatoms. The van der Waals surface area contributed by atoms with Crippen LogP contribution < -0.4 is 10.9 Å². The zero-order valence-electron chi connectivity index (χ0n) is 16.1. The molecule has 6 nitrogen and oxygen atoms in total. The van der Waals surface area contributed by atoms with E-state index in [9.17, 15) is 14.7 Å². The molecule has 3 atom stereocenters. The number of aromatic nitrogens is 2.